The maximum Gasteiger partial charge on any atom is 0.287 e. The van der Waals surface area contributed by atoms with Gasteiger partial charge in [-0.1, -0.05) is 18.2 Å². The van der Waals surface area contributed by atoms with E-state index in [-0.39, 0.29) is 30.3 Å². The third-order valence-electron chi connectivity index (χ3n) is 4.21. The number of para-hydroxylation sites is 1. The maximum absolute atomic E-state index is 12.3. The minimum Gasteiger partial charge on any atom is -0.496 e. The van der Waals surface area contributed by atoms with Crippen molar-refractivity contribution in [1.29, 1.82) is 0 Å². The number of methoxy groups -OCH3 is 1. The number of hydrogen-bond donors (Lipinski definition) is 1. The Morgan fingerprint density at radius 1 is 1.35 bits per heavy atom. The highest BCUT2D eigenvalue weighted by atomic mass is 16.5. The van der Waals surface area contributed by atoms with Crippen molar-refractivity contribution in [3.05, 3.63) is 41.5 Å². The van der Waals surface area contributed by atoms with Crippen molar-refractivity contribution in [2.45, 2.75) is 37.8 Å². The van der Waals surface area contributed by atoms with Crippen LogP contribution in [0.5, 0.6) is 5.75 Å². The van der Waals surface area contributed by atoms with Gasteiger partial charge in [-0.25, -0.2) is 0 Å². The van der Waals surface area contributed by atoms with Gasteiger partial charge in [0.15, 0.2) is 0 Å². The number of carbonyl (C=O) groups excluding carboxylic acids is 2. The summed E-state index contributed by atoms with van der Waals surface area (Å²) in [4.78, 5) is 23.6. The molecule has 23 heavy (non-hydrogen) atoms. The lowest BCUT2D eigenvalue weighted by molar-refractivity contribution is -0.121. The molecule has 0 saturated heterocycles. The van der Waals surface area contributed by atoms with E-state index in [2.05, 4.69) is 15.5 Å². The van der Waals surface area contributed by atoms with Crippen LogP contribution in [0.2, 0.25) is 0 Å². The molecule has 2 unspecified atom stereocenters. The average Bonchev–Trinajstić information content (AvgIpc) is 2.55. The van der Waals surface area contributed by atoms with E-state index >= 15 is 0 Å². The number of rotatable bonds is 4. The molecule has 1 aliphatic heterocycles. The predicted octanol–water partition coefficient (Wildman–Crippen LogP) is 2.19. The molecule has 6 nitrogen and oxygen atoms in total. The standard InChI is InChI=1S/C17H19N3O3/c1-23-15-5-3-2-4-11(15)9-16(21)18-13-6-7-14-12(8-13)10-17(22)20-19-14/h2-5,10,13-14H,6-9H2,1H3,(H,18,21). The van der Waals surface area contributed by atoms with Crippen molar-refractivity contribution in [1.82, 2.24) is 5.32 Å². The molecule has 1 saturated carbocycles. The SMILES string of the molecule is COc1ccccc1CC(=O)NC1CCC2N=NC(=O)C=C2C1. The van der Waals surface area contributed by atoms with E-state index in [1.165, 1.54) is 0 Å². The second kappa shape index (κ2) is 6.73. The fourth-order valence-corrected chi connectivity index (χ4v) is 3.09. The topological polar surface area (TPSA) is 80.1 Å². The van der Waals surface area contributed by atoms with Gasteiger partial charge in [0.2, 0.25) is 5.91 Å². The third kappa shape index (κ3) is 3.64. The van der Waals surface area contributed by atoms with Crippen LogP contribution >= 0.6 is 0 Å². The van der Waals surface area contributed by atoms with Crippen LogP contribution in [0.15, 0.2) is 46.1 Å². The molecule has 2 atom stereocenters. The first-order valence-electron chi connectivity index (χ1n) is 7.72. The van der Waals surface area contributed by atoms with Crippen molar-refractivity contribution < 1.29 is 14.3 Å². The Labute approximate surface area is 134 Å². The Hall–Kier alpha value is -2.50. The van der Waals surface area contributed by atoms with E-state index in [9.17, 15) is 9.59 Å². The van der Waals surface area contributed by atoms with Gasteiger partial charge in [0, 0.05) is 17.7 Å². The van der Waals surface area contributed by atoms with Crippen LogP contribution in [-0.2, 0) is 16.0 Å². The summed E-state index contributed by atoms with van der Waals surface area (Å²) < 4.78 is 5.27. The highest BCUT2D eigenvalue weighted by Gasteiger charge is 2.29. The molecule has 6 heteroatoms. The van der Waals surface area contributed by atoms with Crippen molar-refractivity contribution in [3.63, 3.8) is 0 Å². The number of fused-ring (bicyclic) bond motifs is 1. The fraction of sp³-hybridized carbons (Fsp3) is 0.412. The summed E-state index contributed by atoms with van der Waals surface area (Å²) in [6.07, 6.45) is 4.14. The molecule has 1 aromatic rings. The van der Waals surface area contributed by atoms with Crippen LogP contribution in [0.25, 0.3) is 0 Å². The van der Waals surface area contributed by atoms with Crippen LogP contribution in [0.4, 0.5) is 0 Å². The zero-order valence-electron chi connectivity index (χ0n) is 13.0. The molecule has 1 N–H and O–H groups in total. The lowest BCUT2D eigenvalue weighted by atomic mass is 9.86. The second-order valence-electron chi connectivity index (χ2n) is 5.82. The van der Waals surface area contributed by atoms with Crippen LogP contribution in [0, 0.1) is 0 Å². The number of nitrogens with zero attached hydrogens (tertiary/aromatic N) is 2. The zero-order valence-corrected chi connectivity index (χ0v) is 13.0. The Morgan fingerprint density at radius 3 is 3.00 bits per heavy atom. The average molecular weight is 313 g/mol. The zero-order chi connectivity index (χ0) is 16.2. The Bertz CT molecular complexity index is 681. The van der Waals surface area contributed by atoms with Crippen molar-refractivity contribution in [2.75, 3.05) is 7.11 Å². The number of azo groups is 1. The molecule has 1 aromatic carbocycles. The summed E-state index contributed by atoms with van der Waals surface area (Å²) in [5.41, 5.74) is 1.83. The van der Waals surface area contributed by atoms with Crippen LogP contribution in [0.1, 0.15) is 24.8 Å². The first-order chi connectivity index (χ1) is 11.2. The van der Waals surface area contributed by atoms with E-state index in [4.69, 9.17) is 4.74 Å². The van der Waals surface area contributed by atoms with Gasteiger partial charge in [0.1, 0.15) is 5.75 Å². The number of amides is 2. The molecule has 120 valence electrons. The lowest BCUT2D eigenvalue weighted by Gasteiger charge is -2.30. The van der Waals surface area contributed by atoms with E-state index in [0.717, 1.165) is 24.0 Å². The molecule has 0 spiro atoms. The number of ether oxygens (including phenoxy) is 1. The summed E-state index contributed by atoms with van der Waals surface area (Å²) in [5, 5.41) is 10.6. The molecule has 1 heterocycles. The van der Waals surface area contributed by atoms with Gasteiger partial charge in [-0.3, -0.25) is 9.59 Å². The van der Waals surface area contributed by atoms with Crippen molar-refractivity contribution >= 4 is 11.8 Å². The summed E-state index contributed by atoms with van der Waals surface area (Å²) >= 11 is 0. The van der Waals surface area contributed by atoms with Crippen LogP contribution in [0.3, 0.4) is 0 Å². The second-order valence-corrected chi connectivity index (χ2v) is 5.82. The summed E-state index contributed by atoms with van der Waals surface area (Å²) in [6, 6.07) is 7.55. The Morgan fingerprint density at radius 2 is 2.17 bits per heavy atom. The van der Waals surface area contributed by atoms with E-state index in [1.54, 1.807) is 13.2 Å². The number of benzene rings is 1. The Balaban J connectivity index is 1.59. The maximum atomic E-state index is 12.3. The monoisotopic (exact) mass is 313 g/mol. The quantitative estimate of drug-likeness (QED) is 0.925. The number of hydrogen-bond acceptors (Lipinski definition) is 4. The highest BCUT2D eigenvalue weighted by Crippen LogP contribution is 2.29. The molecule has 3 rings (SSSR count). The Kier molecular flexibility index (Phi) is 4.50. The molecule has 0 radical (unpaired) electrons. The fourth-order valence-electron chi connectivity index (χ4n) is 3.09. The van der Waals surface area contributed by atoms with Gasteiger partial charge >= 0.3 is 0 Å². The molecule has 0 bridgehead atoms. The third-order valence-corrected chi connectivity index (χ3v) is 4.21. The largest absolute Gasteiger partial charge is 0.496 e. The molecular formula is C17H19N3O3. The summed E-state index contributed by atoms with van der Waals surface area (Å²) in [6.45, 7) is 0. The number of nitrogens with one attached hydrogen (secondary N) is 1. The minimum atomic E-state index is -0.308. The van der Waals surface area contributed by atoms with Crippen molar-refractivity contribution in [2.24, 2.45) is 10.2 Å². The molecule has 1 fully saturated rings. The first-order valence-corrected chi connectivity index (χ1v) is 7.72. The normalized spacial score (nSPS) is 23.0. The molecule has 1 aliphatic carbocycles. The van der Waals surface area contributed by atoms with E-state index in [0.29, 0.717) is 12.2 Å². The molecule has 2 amide bonds. The minimum absolute atomic E-state index is 0.00932. The van der Waals surface area contributed by atoms with Crippen molar-refractivity contribution in [3.8, 4) is 5.75 Å². The van der Waals surface area contributed by atoms with E-state index < -0.39 is 0 Å². The smallest absolute Gasteiger partial charge is 0.287 e. The summed E-state index contributed by atoms with van der Waals surface area (Å²) in [5.74, 6) is 0.368. The van der Waals surface area contributed by atoms with Gasteiger partial charge in [0.05, 0.1) is 19.6 Å². The summed E-state index contributed by atoms with van der Waals surface area (Å²) in [7, 11) is 1.60. The van der Waals surface area contributed by atoms with Gasteiger partial charge in [-0.2, -0.15) is 5.11 Å². The predicted molar refractivity (Wildman–Crippen MR) is 84.2 cm³/mol. The van der Waals surface area contributed by atoms with Crippen LogP contribution in [-0.4, -0.2) is 31.0 Å². The van der Waals surface area contributed by atoms with Gasteiger partial charge in [-0.15, -0.1) is 5.11 Å². The van der Waals surface area contributed by atoms with E-state index in [1.807, 2.05) is 24.3 Å². The molecular weight excluding hydrogens is 294 g/mol. The lowest BCUT2D eigenvalue weighted by Crippen LogP contribution is -2.40. The molecule has 0 aromatic heterocycles. The van der Waals surface area contributed by atoms with Gasteiger partial charge in [-0.05, 0) is 30.9 Å². The first kappa shape index (κ1) is 15.4. The van der Waals surface area contributed by atoms with Crippen LogP contribution < -0.4 is 10.1 Å². The highest BCUT2D eigenvalue weighted by molar-refractivity contribution is 5.89. The van der Waals surface area contributed by atoms with Gasteiger partial charge < -0.3 is 10.1 Å². The number of carbonyl (C=O) groups is 2. The molecule has 2 aliphatic rings. The van der Waals surface area contributed by atoms with Gasteiger partial charge in [0.25, 0.3) is 5.91 Å².